The maximum atomic E-state index is 13.6. The number of hydrogen-bond donors (Lipinski definition) is 1. The number of nitrogens with two attached hydrogens (primary N) is 1. The summed E-state index contributed by atoms with van der Waals surface area (Å²) < 4.78 is 50.9. The van der Waals surface area contributed by atoms with Crippen LogP contribution in [0.25, 0.3) is 16.6 Å². The molecule has 0 saturated carbocycles. The Morgan fingerprint density at radius 3 is 2.65 bits per heavy atom. The number of rotatable bonds is 3. The summed E-state index contributed by atoms with van der Waals surface area (Å²) in [5.41, 5.74) is 7.59. The molecule has 0 bridgehead atoms. The first-order valence-corrected chi connectivity index (χ1v) is 10.8. The molecule has 0 spiro atoms. The Labute approximate surface area is 191 Å². The highest BCUT2D eigenvalue weighted by Crippen LogP contribution is 2.45. The Balaban J connectivity index is 1.27. The van der Waals surface area contributed by atoms with Gasteiger partial charge in [0, 0.05) is 36.7 Å². The molecule has 34 heavy (non-hydrogen) atoms. The molecule has 2 aromatic heterocycles. The Morgan fingerprint density at radius 1 is 1.09 bits per heavy atom. The first-order valence-electron chi connectivity index (χ1n) is 10.8. The van der Waals surface area contributed by atoms with Gasteiger partial charge in [-0.05, 0) is 43.3 Å². The number of aromatic nitrogens is 4. The zero-order valence-electron chi connectivity index (χ0n) is 18.1. The third-order valence-electron chi connectivity index (χ3n) is 6.18. The van der Waals surface area contributed by atoms with E-state index in [-0.39, 0.29) is 34.8 Å². The number of alkyl halides is 2. The predicted octanol–water partition coefficient (Wildman–Crippen LogP) is 3.03. The minimum Gasteiger partial charge on any atom is -0.395 e. The normalized spacial score (nSPS) is 19.9. The largest absolute Gasteiger partial charge is 0.586 e. The second-order valence-electron chi connectivity index (χ2n) is 8.43. The Morgan fingerprint density at radius 2 is 1.88 bits per heavy atom. The fourth-order valence-electron chi connectivity index (χ4n) is 4.51. The number of nitrogen functional groups attached to an aromatic ring is 1. The smallest absolute Gasteiger partial charge is 0.395 e. The van der Waals surface area contributed by atoms with Crippen LogP contribution in [0.15, 0.2) is 36.4 Å². The van der Waals surface area contributed by atoms with E-state index in [2.05, 4.69) is 41.3 Å². The first kappa shape index (κ1) is 20.8. The third-order valence-corrected chi connectivity index (χ3v) is 6.18. The zero-order valence-corrected chi connectivity index (χ0v) is 18.1. The van der Waals surface area contributed by atoms with Gasteiger partial charge < -0.3 is 20.1 Å². The van der Waals surface area contributed by atoms with Crippen molar-refractivity contribution in [3.63, 3.8) is 0 Å². The summed E-state index contributed by atoms with van der Waals surface area (Å²) in [7, 11) is 0. The monoisotopic (exact) mass is 471 g/mol. The van der Waals surface area contributed by atoms with Crippen molar-refractivity contribution in [3.05, 3.63) is 48.0 Å². The molecule has 4 heterocycles. The maximum absolute atomic E-state index is 13.6. The highest BCUT2D eigenvalue weighted by Gasteiger charge is 2.45. The summed E-state index contributed by atoms with van der Waals surface area (Å²) in [6.45, 7) is 4.88. The molecule has 2 N–H and O–H groups in total. The van der Waals surface area contributed by atoms with E-state index in [1.54, 1.807) is 18.2 Å². The molecule has 176 valence electrons. The van der Waals surface area contributed by atoms with Gasteiger partial charge in [-0.1, -0.05) is 0 Å². The molecular formula is C22H20F3N7O2. The van der Waals surface area contributed by atoms with E-state index in [1.165, 1.54) is 22.7 Å². The zero-order chi connectivity index (χ0) is 23.6. The van der Waals surface area contributed by atoms with Crippen LogP contribution in [0.1, 0.15) is 12.7 Å². The van der Waals surface area contributed by atoms with Gasteiger partial charge in [0.05, 0.1) is 6.54 Å². The van der Waals surface area contributed by atoms with Crippen molar-refractivity contribution in [1.29, 1.82) is 0 Å². The number of anilines is 2. The van der Waals surface area contributed by atoms with E-state index in [1.807, 2.05) is 0 Å². The SMILES string of the molecule is C[C@@H]1CN(c2ccc(F)cc2)CCN1Cc1nc2c3ccc4c(c3nc(N)n2n1)OC(F)(F)O4. The highest BCUT2D eigenvalue weighted by molar-refractivity contribution is 5.97. The van der Waals surface area contributed by atoms with Gasteiger partial charge in [0.25, 0.3) is 0 Å². The standard InChI is InChI=1S/C22H20F3N7O2/c1-12-10-31(14-4-2-13(23)3-5-14)9-8-30(12)11-17-27-20-15-6-7-16-19(34-22(24,25)33-16)18(15)28-21(26)32(20)29-17/h2-7,12H,8-11H2,1H3,(H2,26,28)/t12-/m1/s1. The lowest BCUT2D eigenvalue weighted by molar-refractivity contribution is -0.286. The van der Waals surface area contributed by atoms with Crippen LogP contribution in [0.5, 0.6) is 11.5 Å². The highest BCUT2D eigenvalue weighted by atomic mass is 19.3. The van der Waals surface area contributed by atoms with Crippen molar-refractivity contribution in [1.82, 2.24) is 24.5 Å². The van der Waals surface area contributed by atoms with Crippen LogP contribution in [0.2, 0.25) is 0 Å². The lowest BCUT2D eigenvalue weighted by Gasteiger charge is -2.40. The molecule has 2 aromatic carbocycles. The van der Waals surface area contributed by atoms with Gasteiger partial charge >= 0.3 is 6.29 Å². The van der Waals surface area contributed by atoms with Crippen molar-refractivity contribution >= 4 is 28.2 Å². The van der Waals surface area contributed by atoms with E-state index in [0.29, 0.717) is 23.4 Å². The first-order chi connectivity index (χ1) is 16.3. The number of ether oxygens (including phenoxy) is 2. The number of piperazine rings is 1. The Bertz CT molecular complexity index is 1410. The van der Waals surface area contributed by atoms with Crippen LogP contribution < -0.4 is 20.1 Å². The third kappa shape index (κ3) is 3.41. The summed E-state index contributed by atoms with van der Waals surface area (Å²) >= 11 is 0. The molecule has 2 aliphatic rings. The summed E-state index contributed by atoms with van der Waals surface area (Å²) in [5.74, 6) is -0.00533. The van der Waals surface area contributed by atoms with Gasteiger partial charge in [0.2, 0.25) is 5.95 Å². The topological polar surface area (TPSA) is 94.0 Å². The van der Waals surface area contributed by atoms with Crippen LogP contribution in [0.4, 0.5) is 24.8 Å². The van der Waals surface area contributed by atoms with Gasteiger partial charge in [-0.3, -0.25) is 4.90 Å². The molecule has 1 saturated heterocycles. The fourth-order valence-corrected chi connectivity index (χ4v) is 4.51. The second-order valence-corrected chi connectivity index (χ2v) is 8.43. The van der Waals surface area contributed by atoms with Crippen LogP contribution in [-0.4, -0.2) is 56.5 Å². The lowest BCUT2D eigenvalue weighted by Crippen LogP contribution is -2.51. The van der Waals surface area contributed by atoms with E-state index in [0.717, 1.165) is 25.3 Å². The lowest BCUT2D eigenvalue weighted by atomic mass is 10.1. The molecule has 1 fully saturated rings. The quantitative estimate of drug-likeness (QED) is 0.488. The van der Waals surface area contributed by atoms with Crippen molar-refractivity contribution in [2.24, 2.45) is 0 Å². The number of benzene rings is 2. The van der Waals surface area contributed by atoms with E-state index in [9.17, 15) is 13.2 Å². The second kappa shape index (κ2) is 7.35. The minimum atomic E-state index is -3.76. The summed E-state index contributed by atoms with van der Waals surface area (Å²) in [4.78, 5) is 13.3. The number of hydrogen-bond acceptors (Lipinski definition) is 8. The van der Waals surface area contributed by atoms with Crippen molar-refractivity contribution in [3.8, 4) is 11.5 Å². The van der Waals surface area contributed by atoms with E-state index >= 15 is 0 Å². The van der Waals surface area contributed by atoms with Crippen molar-refractivity contribution in [2.75, 3.05) is 30.3 Å². The molecule has 6 rings (SSSR count). The fraction of sp³-hybridized carbons (Fsp3) is 0.318. The van der Waals surface area contributed by atoms with Gasteiger partial charge in [0.1, 0.15) is 11.3 Å². The molecular weight excluding hydrogens is 451 g/mol. The average molecular weight is 471 g/mol. The van der Waals surface area contributed by atoms with E-state index < -0.39 is 6.29 Å². The molecule has 2 aliphatic heterocycles. The van der Waals surface area contributed by atoms with Crippen LogP contribution in [-0.2, 0) is 6.54 Å². The van der Waals surface area contributed by atoms with E-state index in [4.69, 9.17) is 5.73 Å². The summed E-state index contributed by atoms with van der Waals surface area (Å²) in [6, 6.07) is 9.65. The number of nitrogens with zero attached hydrogens (tertiary/aromatic N) is 6. The molecule has 0 aliphatic carbocycles. The van der Waals surface area contributed by atoms with Crippen molar-refractivity contribution < 1.29 is 22.6 Å². The molecule has 12 heteroatoms. The predicted molar refractivity (Wildman–Crippen MR) is 117 cm³/mol. The summed E-state index contributed by atoms with van der Waals surface area (Å²) in [5, 5.41) is 4.98. The summed E-state index contributed by atoms with van der Waals surface area (Å²) in [6.07, 6.45) is -3.76. The Kier molecular flexibility index (Phi) is 4.49. The Hall–Kier alpha value is -3.80. The van der Waals surface area contributed by atoms with Gasteiger partial charge in [-0.15, -0.1) is 13.9 Å². The maximum Gasteiger partial charge on any atom is 0.586 e. The van der Waals surface area contributed by atoms with Gasteiger partial charge in [-0.2, -0.15) is 4.52 Å². The molecule has 0 amide bonds. The molecule has 0 radical (unpaired) electrons. The van der Waals surface area contributed by atoms with Crippen LogP contribution >= 0.6 is 0 Å². The van der Waals surface area contributed by atoms with Crippen LogP contribution in [0, 0.1) is 5.82 Å². The van der Waals surface area contributed by atoms with Gasteiger partial charge in [-0.25, -0.2) is 14.4 Å². The van der Waals surface area contributed by atoms with Crippen LogP contribution in [0.3, 0.4) is 0 Å². The van der Waals surface area contributed by atoms with Crippen molar-refractivity contribution in [2.45, 2.75) is 25.8 Å². The average Bonchev–Trinajstić information content (AvgIpc) is 3.36. The molecule has 4 aromatic rings. The van der Waals surface area contributed by atoms with Gasteiger partial charge in [0.15, 0.2) is 23.0 Å². The molecule has 0 unspecified atom stereocenters. The molecule has 1 atom stereocenters. The number of halogens is 3. The minimum absolute atomic E-state index is 0.00245. The number of fused-ring (bicyclic) bond motifs is 5. The molecule has 9 nitrogen and oxygen atoms in total.